The molecule has 0 aliphatic carbocycles. The highest BCUT2D eigenvalue weighted by atomic mass is 19.3. The minimum absolute atomic E-state index is 0.00349. The molecule has 0 spiro atoms. The lowest BCUT2D eigenvalue weighted by molar-refractivity contribution is -0.0512. The molecule has 0 atom stereocenters. The van der Waals surface area contributed by atoms with Crippen LogP contribution in [0.5, 0.6) is 11.5 Å². The van der Waals surface area contributed by atoms with E-state index in [1.54, 1.807) is 24.3 Å². The number of carbonyl (C=O) groups is 1. The van der Waals surface area contributed by atoms with Crippen LogP contribution >= 0.6 is 0 Å². The summed E-state index contributed by atoms with van der Waals surface area (Å²) in [5.74, 6) is -0.832. The number of ether oxygens (including phenoxy) is 3. The van der Waals surface area contributed by atoms with Gasteiger partial charge in [-0.1, -0.05) is 12.1 Å². The van der Waals surface area contributed by atoms with Crippen LogP contribution in [-0.2, 0) is 11.3 Å². The number of halogens is 2. The lowest BCUT2D eigenvalue weighted by Crippen LogP contribution is -2.07. The molecule has 0 aliphatic heterocycles. The van der Waals surface area contributed by atoms with E-state index in [9.17, 15) is 13.6 Å². The predicted octanol–water partition coefficient (Wildman–Crippen LogP) is 3.53. The van der Waals surface area contributed by atoms with Crippen molar-refractivity contribution in [3.63, 3.8) is 0 Å². The summed E-state index contributed by atoms with van der Waals surface area (Å²) in [6, 6.07) is 12.4. The number of hydrogen-bond acceptors (Lipinski definition) is 5. The number of rotatable bonds is 6. The van der Waals surface area contributed by atoms with Gasteiger partial charge in [0.15, 0.2) is 11.5 Å². The van der Waals surface area contributed by atoms with Crippen LogP contribution in [0.25, 0.3) is 0 Å². The van der Waals surface area contributed by atoms with E-state index < -0.39 is 12.6 Å². The van der Waals surface area contributed by atoms with Crippen molar-refractivity contribution in [2.24, 2.45) is 0 Å². The largest absolute Gasteiger partial charge is 0.493 e. The highest BCUT2D eigenvalue weighted by Gasteiger charge is 2.15. The van der Waals surface area contributed by atoms with E-state index in [2.05, 4.69) is 4.74 Å². The standard InChI is InChI=1S/C17H13F2NO4/c1-22-15-8-13(5-6-14(15)24-17(18)19)16(21)23-10-12-4-2-3-11(7-12)9-20/h2-8,17H,10H2,1H3. The van der Waals surface area contributed by atoms with Gasteiger partial charge in [-0.15, -0.1) is 0 Å². The Bertz CT molecular complexity index is 771. The lowest BCUT2D eigenvalue weighted by atomic mass is 10.1. The van der Waals surface area contributed by atoms with Crippen molar-refractivity contribution < 1.29 is 27.8 Å². The van der Waals surface area contributed by atoms with Gasteiger partial charge in [-0.2, -0.15) is 14.0 Å². The second kappa shape index (κ2) is 7.92. The van der Waals surface area contributed by atoms with Crippen LogP contribution < -0.4 is 9.47 Å². The van der Waals surface area contributed by atoms with Gasteiger partial charge in [0.2, 0.25) is 0 Å². The van der Waals surface area contributed by atoms with E-state index in [1.807, 2.05) is 6.07 Å². The van der Waals surface area contributed by atoms with Crippen LogP contribution in [0, 0.1) is 11.3 Å². The maximum Gasteiger partial charge on any atom is 0.387 e. The first-order valence-electron chi connectivity index (χ1n) is 6.82. The molecule has 2 rings (SSSR count). The molecule has 0 saturated carbocycles. The Morgan fingerprint density at radius 1 is 1.21 bits per heavy atom. The molecule has 0 heterocycles. The zero-order valence-corrected chi connectivity index (χ0v) is 12.7. The van der Waals surface area contributed by atoms with Crippen molar-refractivity contribution >= 4 is 5.97 Å². The van der Waals surface area contributed by atoms with Crippen LogP contribution in [0.15, 0.2) is 42.5 Å². The number of carbonyl (C=O) groups excluding carboxylic acids is 1. The molecule has 0 saturated heterocycles. The van der Waals surface area contributed by atoms with Crippen molar-refractivity contribution in [1.29, 1.82) is 5.26 Å². The lowest BCUT2D eigenvalue weighted by Gasteiger charge is -2.11. The first kappa shape index (κ1) is 17.2. The molecule has 0 fully saturated rings. The SMILES string of the molecule is COc1cc(C(=O)OCc2cccc(C#N)c2)ccc1OC(F)F. The van der Waals surface area contributed by atoms with Crippen LogP contribution in [0.1, 0.15) is 21.5 Å². The second-order valence-electron chi connectivity index (χ2n) is 4.63. The third kappa shape index (κ3) is 4.43. The van der Waals surface area contributed by atoms with Crippen molar-refractivity contribution in [3.8, 4) is 17.6 Å². The van der Waals surface area contributed by atoms with Gasteiger partial charge in [-0.05, 0) is 35.9 Å². The van der Waals surface area contributed by atoms with E-state index in [1.165, 1.54) is 25.3 Å². The van der Waals surface area contributed by atoms with Gasteiger partial charge < -0.3 is 14.2 Å². The Kier molecular flexibility index (Phi) is 5.68. The monoisotopic (exact) mass is 333 g/mol. The van der Waals surface area contributed by atoms with Crippen molar-refractivity contribution in [3.05, 3.63) is 59.2 Å². The first-order valence-corrected chi connectivity index (χ1v) is 6.82. The van der Waals surface area contributed by atoms with E-state index in [0.717, 1.165) is 0 Å². The van der Waals surface area contributed by atoms with Gasteiger partial charge >= 0.3 is 12.6 Å². The number of nitriles is 1. The number of esters is 1. The number of nitrogens with zero attached hydrogens (tertiary/aromatic N) is 1. The summed E-state index contributed by atoms with van der Waals surface area (Å²) in [5.41, 5.74) is 1.25. The minimum atomic E-state index is -3.00. The van der Waals surface area contributed by atoms with E-state index in [4.69, 9.17) is 14.7 Å². The van der Waals surface area contributed by atoms with Gasteiger partial charge in [-0.3, -0.25) is 0 Å². The zero-order valence-electron chi connectivity index (χ0n) is 12.7. The van der Waals surface area contributed by atoms with Crippen molar-refractivity contribution in [2.75, 3.05) is 7.11 Å². The first-order chi connectivity index (χ1) is 11.5. The molecule has 0 radical (unpaired) electrons. The van der Waals surface area contributed by atoms with Crippen molar-refractivity contribution in [1.82, 2.24) is 0 Å². The van der Waals surface area contributed by atoms with Crippen LogP contribution in [0.4, 0.5) is 8.78 Å². The Morgan fingerprint density at radius 2 is 2.00 bits per heavy atom. The third-order valence-electron chi connectivity index (χ3n) is 3.04. The van der Waals surface area contributed by atoms with E-state index >= 15 is 0 Å². The number of methoxy groups -OCH3 is 1. The Hall–Kier alpha value is -3.14. The molecular weight excluding hydrogens is 320 g/mol. The van der Waals surface area contributed by atoms with Gasteiger partial charge in [0.1, 0.15) is 6.61 Å². The highest BCUT2D eigenvalue weighted by Crippen LogP contribution is 2.29. The molecule has 0 aromatic heterocycles. The summed E-state index contributed by atoms with van der Waals surface area (Å²) in [6.45, 7) is -3.02. The van der Waals surface area contributed by atoms with Crippen molar-refractivity contribution in [2.45, 2.75) is 13.2 Å². The third-order valence-corrected chi connectivity index (χ3v) is 3.04. The van der Waals surface area contributed by atoms with E-state index in [-0.39, 0.29) is 23.7 Å². The van der Waals surface area contributed by atoms with Gasteiger partial charge in [0.25, 0.3) is 0 Å². The molecule has 0 bridgehead atoms. The molecule has 2 aromatic rings. The average Bonchev–Trinajstić information content (AvgIpc) is 2.59. The molecule has 5 nitrogen and oxygen atoms in total. The maximum atomic E-state index is 12.3. The Labute approximate surface area is 137 Å². The highest BCUT2D eigenvalue weighted by molar-refractivity contribution is 5.90. The molecule has 24 heavy (non-hydrogen) atoms. The number of hydrogen-bond donors (Lipinski definition) is 0. The summed E-state index contributed by atoms with van der Waals surface area (Å²) in [6.07, 6.45) is 0. The predicted molar refractivity (Wildman–Crippen MR) is 79.9 cm³/mol. The molecule has 124 valence electrons. The summed E-state index contributed by atoms with van der Waals surface area (Å²) in [5, 5.41) is 8.83. The molecule has 0 N–H and O–H groups in total. The van der Waals surface area contributed by atoms with E-state index in [0.29, 0.717) is 11.1 Å². The van der Waals surface area contributed by atoms with Crippen LogP contribution in [0.2, 0.25) is 0 Å². The summed E-state index contributed by atoms with van der Waals surface area (Å²) in [7, 11) is 1.27. The summed E-state index contributed by atoms with van der Waals surface area (Å²) < 4.78 is 38.9. The fourth-order valence-corrected chi connectivity index (χ4v) is 1.95. The summed E-state index contributed by atoms with van der Waals surface area (Å²) >= 11 is 0. The molecule has 2 aromatic carbocycles. The zero-order chi connectivity index (χ0) is 17.5. The van der Waals surface area contributed by atoms with Crippen LogP contribution in [0.3, 0.4) is 0 Å². The molecule has 0 aliphatic rings. The quantitative estimate of drug-likeness (QED) is 0.757. The molecular formula is C17H13F2NO4. The molecule has 0 unspecified atom stereocenters. The fourth-order valence-electron chi connectivity index (χ4n) is 1.95. The second-order valence-corrected chi connectivity index (χ2v) is 4.63. The minimum Gasteiger partial charge on any atom is -0.493 e. The maximum absolute atomic E-state index is 12.3. The van der Waals surface area contributed by atoms with Crippen LogP contribution in [-0.4, -0.2) is 19.7 Å². The fraction of sp³-hybridized carbons (Fsp3) is 0.176. The topological polar surface area (TPSA) is 68.5 Å². The average molecular weight is 333 g/mol. The molecule has 7 heteroatoms. The smallest absolute Gasteiger partial charge is 0.387 e. The van der Waals surface area contributed by atoms with Gasteiger partial charge in [0, 0.05) is 0 Å². The van der Waals surface area contributed by atoms with Gasteiger partial charge in [-0.25, -0.2) is 4.79 Å². The molecule has 0 amide bonds. The number of alkyl halides is 2. The Balaban J connectivity index is 2.08. The van der Waals surface area contributed by atoms with Gasteiger partial charge in [0.05, 0.1) is 24.3 Å². The normalized spacial score (nSPS) is 10.1. The summed E-state index contributed by atoms with van der Waals surface area (Å²) in [4.78, 5) is 12.0. The number of benzene rings is 2. The Morgan fingerprint density at radius 3 is 2.67 bits per heavy atom.